The molecule has 2 amide bonds. The average molecular weight is 320 g/mol. The average Bonchev–Trinajstić information content (AvgIpc) is 2.55. The first-order chi connectivity index (χ1) is 11.0. The van der Waals surface area contributed by atoms with E-state index < -0.39 is 0 Å². The van der Waals surface area contributed by atoms with Gasteiger partial charge in [-0.3, -0.25) is 4.79 Å². The number of likely N-dealkylation sites (tertiary alicyclic amines) is 1. The maximum atomic E-state index is 12.4. The van der Waals surface area contributed by atoms with Gasteiger partial charge in [-0.05, 0) is 51.0 Å². The Bertz CT molecular complexity index is 542. The fraction of sp³-hybridized carbons (Fsp3) is 0.529. The van der Waals surface area contributed by atoms with Crippen LogP contribution in [0.1, 0.15) is 26.7 Å². The van der Waals surface area contributed by atoms with Gasteiger partial charge in [0, 0.05) is 18.8 Å². The molecule has 0 aliphatic carbocycles. The van der Waals surface area contributed by atoms with Crippen molar-refractivity contribution in [3.05, 3.63) is 24.3 Å². The van der Waals surface area contributed by atoms with Gasteiger partial charge in [-0.25, -0.2) is 4.79 Å². The number of amides is 2. The number of piperidine rings is 1. The zero-order valence-electron chi connectivity index (χ0n) is 13.9. The number of ether oxygens (including phenoxy) is 2. The van der Waals surface area contributed by atoms with Crippen molar-refractivity contribution in [1.29, 1.82) is 0 Å². The normalized spacial score (nSPS) is 17.7. The van der Waals surface area contributed by atoms with Crippen molar-refractivity contribution in [1.82, 2.24) is 4.90 Å². The van der Waals surface area contributed by atoms with Gasteiger partial charge >= 0.3 is 6.09 Å². The summed E-state index contributed by atoms with van der Waals surface area (Å²) in [4.78, 5) is 25.5. The Morgan fingerprint density at radius 3 is 2.57 bits per heavy atom. The van der Waals surface area contributed by atoms with E-state index >= 15 is 0 Å². The predicted molar refractivity (Wildman–Crippen MR) is 87.5 cm³/mol. The Labute approximate surface area is 136 Å². The highest BCUT2D eigenvalue weighted by atomic mass is 16.5. The van der Waals surface area contributed by atoms with E-state index in [0.29, 0.717) is 13.1 Å². The minimum atomic E-state index is -0.377. The highest BCUT2D eigenvalue weighted by Gasteiger charge is 2.28. The lowest BCUT2D eigenvalue weighted by molar-refractivity contribution is -0.121. The SMILES string of the molecule is COC(=O)N1CCCC(C(=O)Nc2ccc(OC(C)C)cc2)C1. The van der Waals surface area contributed by atoms with E-state index in [4.69, 9.17) is 9.47 Å². The van der Waals surface area contributed by atoms with E-state index in [9.17, 15) is 9.59 Å². The molecule has 0 aromatic heterocycles. The van der Waals surface area contributed by atoms with Crippen LogP contribution >= 0.6 is 0 Å². The van der Waals surface area contributed by atoms with E-state index in [1.807, 2.05) is 38.1 Å². The van der Waals surface area contributed by atoms with Crippen LogP contribution in [0.15, 0.2) is 24.3 Å². The zero-order chi connectivity index (χ0) is 16.8. The Morgan fingerprint density at radius 2 is 1.96 bits per heavy atom. The monoisotopic (exact) mass is 320 g/mol. The summed E-state index contributed by atoms with van der Waals surface area (Å²) < 4.78 is 10.3. The van der Waals surface area contributed by atoms with Crippen LogP contribution in [0.2, 0.25) is 0 Å². The minimum absolute atomic E-state index is 0.0730. The number of carbonyl (C=O) groups excluding carboxylic acids is 2. The van der Waals surface area contributed by atoms with Crippen LogP contribution in [0, 0.1) is 5.92 Å². The standard InChI is InChI=1S/C17H24N2O4/c1-12(2)23-15-8-6-14(7-9-15)18-16(20)13-5-4-10-19(11-13)17(21)22-3/h6-9,12-13H,4-5,10-11H2,1-3H3,(H,18,20). The van der Waals surface area contributed by atoms with Crippen molar-refractivity contribution >= 4 is 17.7 Å². The molecule has 0 radical (unpaired) electrons. The van der Waals surface area contributed by atoms with Gasteiger partial charge in [0.05, 0.1) is 19.1 Å². The molecule has 1 aromatic rings. The smallest absolute Gasteiger partial charge is 0.409 e. The Morgan fingerprint density at radius 1 is 1.26 bits per heavy atom. The van der Waals surface area contributed by atoms with Crippen LogP contribution in [0.25, 0.3) is 0 Å². The van der Waals surface area contributed by atoms with Gasteiger partial charge in [0.25, 0.3) is 0 Å². The van der Waals surface area contributed by atoms with Gasteiger partial charge in [0.2, 0.25) is 5.91 Å². The molecule has 1 aliphatic heterocycles. The fourth-order valence-electron chi connectivity index (χ4n) is 2.62. The topological polar surface area (TPSA) is 67.9 Å². The lowest BCUT2D eigenvalue weighted by Crippen LogP contribution is -2.43. The number of nitrogens with one attached hydrogen (secondary N) is 1. The van der Waals surface area contributed by atoms with Crippen molar-refractivity contribution in [2.24, 2.45) is 5.92 Å². The summed E-state index contributed by atoms with van der Waals surface area (Å²) >= 11 is 0. The Hall–Kier alpha value is -2.24. The third-order valence-electron chi connectivity index (χ3n) is 3.72. The van der Waals surface area contributed by atoms with Crippen molar-refractivity contribution in [3.8, 4) is 5.75 Å². The molecule has 0 saturated carbocycles. The fourth-order valence-corrected chi connectivity index (χ4v) is 2.62. The summed E-state index contributed by atoms with van der Waals surface area (Å²) in [7, 11) is 1.35. The molecule has 6 heteroatoms. The molecular weight excluding hydrogens is 296 g/mol. The molecule has 1 heterocycles. The predicted octanol–water partition coefficient (Wildman–Crippen LogP) is 2.89. The molecule has 1 aliphatic rings. The lowest BCUT2D eigenvalue weighted by Gasteiger charge is -2.30. The van der Waals surface area contributed by atoms with Gasteiger partial charge in [-0.2, -0.15) is 0 Å². The van der Waals surface area contributed by atoms with Crippen molar-refractivity contribution in [3.63, 3.8) is 0 Å². The zero-order valence-corrected chi connectivity index (χ0v) is 13.9. The largest absolute Gasteiger partial charge is 0.491 e. The number of hydrogen-bond acceptors (Lipinski definition) is 4. The third-order valence-corrected chi connectivity index (χ3v) is 3.72. The number of methoxy groups -OCH3 is 1. The molecule has 1 unspecified atom stereocenters. The van der Waals surface area contributed by atoms with E-state index in [-0.39, 0.29) is 24.0 Å². The van der Waals surface area contributed by atoms with Crippen LogP contribution in [-0.2, 0) is 9.53 Å². The molecule has 1 fully saturated rings. The van der Waals surface area contributed by atoms with Crippen LogP contribution in [0.3, 0.4) is 0 Å². The first kappa shape index (κ1) is 17.1. The van der Waals surface area contributed by atoms with Gasteiger partial charge < -0.3 is 19.7 Å². The molecule has 6 nitrogen and oxygen atoms in total. The van der Waals surface area contributed by atoms with Crippen molar-refractivity contribution in [2.45, 2.75) is 32.8 Å². The minimum Gasteiger partial charge on any atom is -0.491 e. The first-order valence-corrected chi connectivity index (χ1v) is 7.90. The molecule has 0 bridgehead atoms. The third kappa shape index (κ3) is 4.87. The second-order valence-electron chi connectivity index (χ2n) is 5.94. The molecule has 1 saturated heterocycles. The molecule has 1 atom stereocenters. The maximum Gasteiger partial charge on any atom is 0.409 e. The maximum absolute atomic E-state index is 12.4. The summed E-state index contributed by atoms with van der Waals surface area (Å²) in [6.07, 6.45) is 1.31. The molecule has 1 N–H and O–H groups in total. The van der Waals surface area contributed by atoms with Crippen LogP contribution < -0.4 is 10.1 Å². The van der Waals surface area contributed by atoms with Crippen molar-refractivity contribution < 1.29 is 19.1 Å². The van der Waals surface area contributed by atoms with Crippen LogP contribution in [0.4, 0.5) is 10.5 Å². The summed E-state index contributed by atoms with van der Waals surface area (Å²) in [5, 5.41) is 2.90. The second-order valence-corrected chi connectivity index (χ2v) is 5.94. The number of rotatable bonds is 4. The van der Waals surface area contributed by atoms with Gasteiger partial charge in [-0.15, -0.1) is 0 Å². The lowest BCUT2D eigenvalue weighted by atomic mass is 9.97. The number of nitrogens with zero attached hydrogens (tertiary/aromatic N) is 1. The van der Waals surface area contributed by atoms with E-state index in [1.165, 1.54) is 7.11 Å². The van der Waals surface area contributed by atoms with Gasteiger partial charge in [0.1, 0.15) is 5.75 Å². The molecule has 2 rings (SSSR count). The molecule has 126 valence electrons. The molecule has 0 spiro atoms. The number of hydrogen-bond donors (Lipinski definition) is 1. The van der Waals surface area contributed by atoms with E-state index in [0.717, 1.165) is 24.3 Å². The second kappa shape index (κ2) is 7.85. The molecule has 1 aromatic carbocycles. The molecule has 23 heavy (non-hydrogen) atoms. The van der Waals surface area contributed by atoms with Crippen LogP contribution in [-0.4, -0.2) is 43.2 Å². The number of anilines is 1. The van der Waals surface area contributed by atoms with Crippen LogP contribution in [0.5, 0.6) is 5.75 Å². The van der Waals surface area contributed by atoms with Gasteiger partial charge in [-0.1, -0.05) is 0 Å². The number of carbonyl (C=O) groups is 2. The summed E-state index contributed by atoms with van der Waals surface area (Å²) in [5.74, 6) is 0.484. The summed E-state index contributed by atoms with van der Waals surface area (Å²) in [6.45, 7) is 4.96. The van der Waals surface area contributed by atoms with E-state index in [1.54, 1.807) is 4.90 Å². The van der Waals surface area contributed by atoms with Gasteiger partial charge in [0.15, 0.2) is 0 Å². The molecular formula is C17H24N2O4. The summed E-state index contributed by atoms with van der Waals surface area (Å²) in [5.41, 5.74) is 0.723. The van der Waals surface area contributed by atoms with Crippen molar-refractivity contribution in [2.75, 3.05) is 25.5 Å². The first-order valence-electron chi connectivity index (χ1n) is 7.90. The Kier molecular flexibility index (Phi) is 5.84. The van der Waals surface area contributed by atoms with E-state index in [2.05, 4.69) is 5.32 Å². The number of benzene rings is 1. The quantitative estimate of drug-likeness (QED) is 0.926. The summed E-state index contributed by atoms with van der Waals surface area (Å²) in [6, 6.07) is 7.29. The Balaban J connectivity index is 1.92. The highest BCUT2D eigenvalue weighted by molar-refractivity contribution is 5.93. The highest BCUT2D eigenvalue weighted by Crippen LogP contribution is 2.21.